The van der Waals surface area contributed by atoms with Gasteiger partial charge in [0.25, 0.3) is 0 Å². The van der Waals surface area contributed by atoms with Crippen molar-refractivity contribution in [3.05, 3.63) is 47.8 Å². The standard InChI is InChI=1S/C24H30N4O4/c1-32-21-9-6-17(14-26-21)20(13-22(29)30)28-24(31)18-11-15(12-18)4-7-19-8-5-16-3-2-10-25-23(16)27-19/h2-3,6,9-10,14-15,18-20H,4-5,7-8,11-13H2,1H3,(H,25,27)(H,28,31)(H,29,30). The van der Waals surface area contributed by atoms with Crippen LogP contribution in [-0.2, 0) is 16.0 Å². The third kappa shape index (κ3) is 5.36. The molecule has 0 bridgehead atoms. The number of carbonyl (C=O) groups excluding carboxylic acids is 1. The third-order valence-electron chi connectivity index (χ3n) is 6.59. The molecule has 2 aromatic rings. The van der Waals surface area contributed by atoms with E-state index >= 15 is 0 Å². The second-order valence-corrected chi connectivity index (χ2v) is 8.80. The minimum absolute atomic E-state index is 0.0517. The molecule has 170 valence electrons. The maximum absolute atomic E-state index is 12.7. The summed E-state index contributed by atoms with van der Waals surface area (Å²) in [5.74, 6) is 0.906. The van der Waals surface area contributed by atoms with Gasteiger partial charge in [-0.25, -0.2) is 9.97 Å². The number of pyridine rings is 2. The first-order valence-corrected chi connectivity index (χ1v) is 11.2. The number of aromatic nitrogens is 2. The summed E-state index contributed by atoms with van der Waals surface area (Å²) < 4.78 is 5.05. The molecule has 8 nitrogen and oxygen atoms in total. The van der Waals surface area contributed by atoms with Gasteiger partial charge in [0.15, 0.2) is 0 Å². The van der Waals surface area contributed by atoms with Gasteiger partial charge in [-0.3, -0.25) is 9.59 Å². The number of carboxylic acid groups (broad SMARTS) is 1. The van der Waals surface area contributed by atoms with E-state index in [-0.39, 0.29) is 18.2 Å². The Morgan fingerprint density at radius 1 is 1.25 bits per heavy atom. The quantitative estimate of drug-likeness (QED) is 0.550. The van der Waals surface area contributed by atoms with E-state index in [0.29, 0.717) is 23.4 Å². The second-order valence-electron chi connectivity index (χ2n) is 8.80. The van der Waals surface area contributed by atoms with Crippen LogP contribution in [0.5, 0.6) is 5.88 Å². The van der Waals surface area contributed by atoms with Crippen molar-refractivity contribution < 1.29 is 19.4 Å². The fourth-order valence-electron chi connectivity index (χ4n) is 4.64. The van der Waals surface area contributed by atoms with Gasteiger partial charge in [0.1, 0.15) is 5.82 Å². The fraction of sp³-hybridized carbons (Fsp3) is 0.500. The Bertz CT molecular complexity index is 943. The highest BCUT2D eigenvalue weighted by atomic mass is 16.5. The first-order valence-electron chi connectivity index (χ1n) is 11.2. The van der Waals surface area contributed by atoms with Crippen molar-refractivity contribution in [2.45, 2.75) is 57.0 Å². The van der Waals surface area contributed by atoms with Crippen LogP contribution in [0.4, 0.5) is 5.82 Å². The summed E-state index contributed by atoms with van der Waals surface area (Å²) in [7, 11) is 1.52. The van der Waals surface area contributed by atoms with Crippen molar-refractivity contribution >= 4 is 17.7 Å². The predicted octanol–water partition coefficient (Wildman–Crippen LogP) is 3.35. The summed E-state index contributed by atoms with van der Waals surface area (Å²) in [6.45, 7) is 0. The number of aliphatic carboxylic acids is 1. The lowest BCUT2D eigenvalue weighted by Gasteiger charge is -2.36. The number of hydrogen-bond acceptors (Lipinski definition) is 6. The topological polar surface area (TPSA) is 113 Å². The summed E-state index contributed by atoms with van der Waals surface area (Å²) in [6.07, 6.45) is 9.24. The normalized spacial score (nSPS) is 22.6. The van der Waals surface area contributed by atoms with E-state index in [1.807, 2.05) is 12.3 Å². The van der Waals surface area contributed by atoms with Crippen molar-refractivity contribution in [3.8, 4) is 5.88 Å². The molecule has 32 heavy (non-hydrogen) atoms. The zero-order chi connectivity index (χ0) is 22.5. The van der Waals surface area contributed by atoms with Crippen LogP contribution < -0.4 is 15.4 Å². The molecule has 1 aliphatic heterocycles. The number of ether oxygens (including phenoxy) is 1. The lowest BCUT2D eigenvalue weighted by atomic mass is 9.71. The zero-order valence-corrected chi connectivity index (χ0v) is 18.3. The molecule has 1 aliphatic carbocycles. The van der Waals surface area contributed by atoms with E-state index in [9.17, 15) is 14.7 Å². The first kappa shape index (κ1) is 22.0. The molecule has 0 saturated heterocycles. The molecule has 4 rings (SSSR count). The van der Waals surface area contributed by atoms with Crippen molar-refractivity contribution in [2.24, 2.45) is 11.8 Å². The molecule has 2 aliphatic rings. The molecule has 2 aromatic heterocycles. The van der Waals surface area contributed by atoms with Crippen molar-refractivity contribution in [1.29, 1.82) is 0 Å². The van der Waals surface area contributed by atoms with Gasteiger partial charge in [-0.15, -0.1) is 0 Å². The maximum Gasteiger partial charge on any atom is 0.305 e. The number of rotatable bonds is 9. The molecular formula is C24H30N4O4. The number of anilines is 1. The van der Waals surface area contributed by atoms with Crippen LogP contribution in [-0.4, -0.2) is 40.1 Å². The number of nitrogens with one attached hydrogen (secondary N) is 2. The van der Waals surface area contributed by atoms with E-state index in [2.05, 4.69) is 26.7 Å². The van der Waals surface area contributed by atoms with E-state index in [1.54, 1.807) is 18.3 Å². The van der Waals surface area contributed by atoms with Crippen LogP contribution >= 0.6 is 0 Å². The summed E-state index contributed by atoms with van der Waals surface area (Å²) in [6, 6.07) is 7.35. The Balaban J connectivity index is 1.23. The maximum atomic E-state index is 12.7. The Morgan fingerprint density at radius 3 is 2.81 bits per heavy atom. The van der Waals surface area contributed by atoms with Gasteiger partial charge >= 0.3 is 5.97 Å². The SMILES string of the molecule is COc1ccc(C(CC(=O)O)NC(=O)C2CC(CCC3CCc4cccnc4N3)C2)cn1. The number of amides is 1. The largest absolute Gasteiger partial charge is 0.481 e. The van der Waals surface area contributed by atoms with Crippen molar-refractivity contribution in [1.82, 2.24) is 15.3 Å². The van der Waals surface area contributed by atoms with Gasteiger partial charge in [0.2, 0.25) is 11.8 Å². The average Bonchev–Trinajstić information content (AvgIpc) is 2.77. The smallest absolute Gasteiger partial charge is 0.305 e. The van der Waals surface area contributed by atoms with Crippen molar-refractivity contribution in [2.75, 3.05) is 12.4 Å². The highest BCUT2D eigenvalue weighted by molar-refractivity contribution is 5.80. The molecule has 8 heteroatoms. The number of carboxylic acids is 1. The van der Waals surface area contributed by atoms with Crippen LogP contribution in [0, 0.1) is 11.8 Å². The Kier molecular flexibility index (Phi) is 6.87. The van der Waals surface area contributed by atoms with Crippen LogP contribution in [0.2, 0.25) is 0 Å². The highest BCUT2D eigenvalue weighted by Crippen LogP contribution is 2.38. The Hall–Kier alpha value is -3.16. The summed E-state index contributed by atoms with van der Waals surface area (Å²) in [4.78, 5) is 32.6. The molecule has 0 aromatic carbocycles. The molecule has 3 N–H and O–H groups in total. The summed E-state index contributed by atoms with van der Waals surface area (Å²) in [5, 5.41) is 15.7. The average molecular weight is 439 g/mol. The molecule has 3 heterocycles. The van der Waals surface area contributed by atoms with Gasteiger partial charge in [0.05, 0.1) is 19.6 Å². The van der Waals surface area contributed by atoms with Gasteiger partial charge in [0, 0.05) is 30.4 Å². The molecule has 0 spiro atoms. The number of methoxy groups -OCH3 is 1. The van der Waals surface area contributed by atoms with Gasteiger partial charge in [-0.05, 0) is 61.6 Å². The highest BCUT2D eigenvalue weighted by Gasteiger charge is 2.36. The summed E-state index contributed by atoms with van der Waals surface area (Å²) in [5.41, 5.74) is 1.95. The lowest BCUT2D eigenvalue weighted by Crippen LogP contribution is -2.41. The number of fused-ring (bicyclic) bond motifs is 1. The number of hydrogen-bond donors (Lipinski definition) is 3. The van der Waals surface area contributed by atoms with E-state index < -0.39 is 12.0 Å². The van der Waals surface area contributed by atoms with E-state index in [0.717, 1.165) is 44.3 Å². The number of carbonyl (C=O) groups is 2. The van der Waals surface area contributed by atoms with Gasteiger partial charge in [-0.1, -0.05) is 12.1 Å². The number of nitrogens with zero attached hydrogens (tertiary/aromatic N) is 2. The zero-order valence-electron chi connectivity index (χ0n) is 18.3. The molecule has 0 radical (unpaired) electrons. The molecule has 2 unspecified atom stereocenters. The Labute approximate surface area is 187 Å². The molecule has 1 saturated carbocycles. The second kappa shape index (κ2) is 9.97. The fourth-order valence-corrected chi connectivity index (χ4v) is 4.64. The summed E-state index contributed by atoms with van der Waals surface area (Å²) >= 11 is 0. The lowest BCUT2D eigenvalue weighted by molar-refractivity contribution is -0.138. The minimum Gasteiger partial charge on any atom is -0.481 e. The van der Waals surface area contributed by atoms with Crippen LogP contribution in [0.25, 0.3) is 0 Å². The van der Waals surface area contributed by atoms with Crippen molar-refractivity contribution in [3.63, 3.8) is 0 Å². The number of aryl methyl sites for hydroxylation is 1. The minimum atomic E-state index is -0.964. The third-order valence-corrected chi connectivity index (χ3v) is 6.59. The molecule has 1 amide bonds. The molecule has 2 atom stereocenters. The van der Waals surface area contributed by atoms with Gasteiger partial charge < -0.3 is 20.5 Å². The van der Waals surface area contributed by atoms with E-state index in [1.165, 1.54) is 12.7 Å². The van der Waals surface area contributed by atoms with Crippen LogP contribution in [0.15, 0.2) is 36.7 Å². The van der Waals surface area contributed by atoms with Crippen LogP contribution in [0.3, 0.4) is 0 Å². The molecular weight excluding hydrogens is 408 g/mol. The van der Waals surface area contributed by atoms with Gasteiger partial charge in [-0.2, -0.15) is 0 Å². The Morgan fingerprint density at radius 2 is 2.09 bits per heavy atom. The first-order chi connectivity index (χ1) is 15.5. The van der Waals surface area contributed by atoms with E-state index in [4.69, 9.17) is 4.74 Å². The molecule has 1 fully saturated rings. The monoisotopic (exact) mass is 438 g/mol. The van der Waals surface area contributed by atoms with Crippen LogP contribution in [0.1, 0.15) is 55.7 Å². The predicted molar refractivity (Wildman–Crippen MR) is 119 cm³/mol.